The van der Waals surface area contributed by atoms with E-state index in [0.29, 0.717) is 12.1 Å². The molecule has 36 heavy (non-hydrogen) atoms. The highest BCUT2D eigenvalue weighted by Gasteiger charge is 2.50. The Morgan fingerprint density at radius 2 is 1.64 bits per heavy atom. The number of halogens is 1. The molecule has 4 rings (SSSR count). The smallest absolute Gasteiger partial charge is 0.325 e. The van der Waals surface area contributed by atoms with Gasteiger partial charge in [0.2, 0.25) is 5.91 Å². The third kappa shape index (κ3) is 5.30. The standard InChI is InChI=1S/C29H36FN3O3/c1-28(2,3)21-12-14-22(15-13-21)29(4)26(35)33(27(36)31-29)19-25(34)32(24-8-6-5-7-9-24)18-20-10-16-23(30)17-11-20/h10-17,24H,5-9,18-19H2,1-4H3,(H,31,36). The molecule has 1 aliphatic heterocycles. The number of nitrogens with one attached hydrogen (secondary N) is 1. The Morgan fingerprint density at radius 1 is 1.03 bits per heavy atom. The van der Waals surface area contributed by atoms with Crippen LogP contribution in [-0.4, -0.2) is 40.2 Å². The Morgan fingerprint density at radius 3 is 2.22 bits per heavy atom. The van der Waals surface area contributed by atoms with Gasteiger partial charge in [0.1, 0.15) is 17.9 Å². The number of amides is 4. The van der Waals surface area contributed by atoms with Gasteiger partial charge in [0.15, 0.2) is 0 Å². The molecule has 2 aromatic rings. The third-order valence-electron chi connectivity index (χ3n) is 7.50. The van der Waals surface area contributed by atoms with Gasteiger partial charge in [-0.15, -0.1) is 0 Å². The van der Waals surface area contributed by atoms with Gasteiger partial charge in [-0.3, -0.25) is 14.5 Å². The van der Waals surface area contributed by atoms with Crippen LogP contribution in [0.3, 0.4) is 0 Å². The quantitative estimate of drug-likeness (QED) is 0.559. The zero-order valence-corrected chi connectivity index (χ0v) is 21.6. The maximum atomic E-state index is 13.5. The number of hydrogen-bond donors (Lipinski definition) is 1. The first-order valence-corrected chi connectivity index (χ1v) is 12.8. The van der Waals surface area contributed by atoms with Crippen molar-refractivity contribution < 1.29 is 18.8 Å². The van der Waals surface area contributed by atoms with Gasteiger partial charge in [0.05, 0.1) is 0 Å². The number of hydrogen-bond acceptors (Lipinski definition) is 3. The topological polar surface area (TPSA) is 69.7 Å². The van der Waals surface area contributed by atoms with Crippen molar-refractivity contribution in [2.75, 3.05) is 6.54 Å². The number of nitrogens with zero attached hydrogens (tertiary/aromatic N) is 2. The second kappa shape index (κ2) is 10.0. The van der Waals surface area contributed by atoms with Crippen molar-refractivity contribution in [2.24, 2.45) is 0 Å². The second-order valence-electron chi connectivity index (χ2n) is 11.2. The highest BCUT2D eigenvalue weighted by Crippen LogP contribution is 2.32. The molecule has 0 spiro atoms. The molecule has 2 aliphatic rings. The molecule has 1 atom stereocenters. The molecule has 2 aromatic carbocycles. The fourth-order valence-corrected chi connectivity index (χ4v) is 5.17. The van der Waals surface area contributed by atoms with Crippen LogP contribution in [0.15, 0.2) is 48.5 Å². The van der Waals surface area contributed by atoms with Gasteiger partial charge in [-0.1, -0.05) is 76.4 Å². The van der Waals surface area contributed by atoms with E-state index in [2.05, 4.69) is 26.1 Å². The summed E-state index contributed by atoms with van der Waals surface area (Å²) >= 11 is 0. The van der Waals surface area contributed by atoms with Gasteiger partial charge in [0, 0.05) is 12.6 Å². The summed E-state index contributed by atoms with van der Waals surface area (Å²) in [6.45, 7) is 8.02. The predicted octanol–water partition coefficient (Wildman–Crippen LogP) is 5.25. The van der Waals surface area contributed by atoms with Crippen molar-refractivity contribution in [1.29, 1.82) is 0 Å². The lowest BCUT2D eigenvalue weighted by atomic mass is 9.84. The Kier molecular flexibility index (Phi) is 7.21. The van der Waals surface area contributed by atoms with Crippen LogP contribution < -0.4 is 5.32 Å². The molecule has 6 nitrogen and oxygen atoms in total. The number of carbonyl (C=O) groups is 3. The summed E-state index contributed by atoms with van der Waals surface area (Å²) in [4.78, 5) is 42.7. The molecule has 192 valence electrons. The van der Waals surface area contributed by atoms with E-state index in [9.17, 15) is 18.8 Å². The fourth-order valence-electron chi connectivity index (χ4n) is 5.17. The van der Waals surface area contributed by atoms with Gasteiger partial charge in [-0.05, 0) is 54.0 Å². The Hall–Kier alpha value is -3.22. The van der Waals surface area contributed by atoms with Crippen LogP contribution in [-0.2, 0) is 27.1 Å². The molecule has 0 bridgehead atoms. The SMILES string of the molecule is CC(C)(C)c1ccc(C2(C)NC(=O)N(CC(=O)N(Cc3ccc(F)cc3)C3CCCCC3)C2=O)cc1. The van der Waals surface area contributed by atoms with Crippen LogP contribution in [0.2, 0.25) is 0 Å². The summed E-state index contributed by atoms with van der Waals surface area (Å²) in [6.07, 6.45) is 4.96. The Labute approximate surface area is 212 Å². The summed E-state index contributed by atoms with van der Waals surface area (Å²) in [5.41, 5.74) is 1.35. The first kappa shape index (κ1) is 25.9. The molecule has 1 saturated heterocycles. The predicted molar refractivity (Wildman–Crippen MR) is 137 cm³/mol. The molecule has 1 aliphatic carbocycles. The van der Waals surface area contributed by atoms with E-state index < -0.39 is 17.5 Å². The zero-order valence-electron chi connectivity index (χ0n) is 21.6. The number of carbonyl (C=O) groups excluding carboxylic acids is 3. The number of benzene rings is 2. The van der Waals surface area contributed by atoms with Crippen LogP contribution >= 0.6 is 0 Å². The van der Waals surface area contributed by atoms with Crippen LogP contribution in [0.5, 0.6) is 0 Å². The molecule has 0 radical (unpaired) electrons. The maximum absolute atomic E-state index is 13.5. The van der Waals surface area contributed by atoms with Crippen molar-refractivity contribution in [3.05, 3.63) is 71.0 Å². The highest BCUT2D eigenvalue weighted by atomic mass is 19.1. The van der Waals surface area contributed by atoms with Crippen LogP contribution in [0.25, 0.3) is 0 Å². The Balaban J connectivity index is 1.53. The average molecular weight is 494 g/mol. The number of imide groups is 1. The molecule has 1 heterocycles. The molecule has 1 N–H and O–H groups in total. The molecular weight excluding hydrogens is 457 g/mol. The molecule has 0 aromatic heterocycles. The van der Waals surface area contributed by atoms with E-state index in [1.807, 2.05) is 24.3 Å². The first-order valence-electron chi connectivity index (χ1n) is 12.8. The third-order valence-corrected chi connectivity index (χ3v) is 7.50. The van der Waals surface area contributed by atoms with Crippen molar-refractivity contribution in [1.82, 2.24) is 15.1 Å². The van der Waals surface area contributed by atoms with Crippen molar-refractivity contribution in [2.45, 2.75) is 83.3 Å². The van der Waals surface area contributed by atoms with E-state index in [-0.39, 0.29) is 29.7 Å². The minimum atomic E-state index is -1.24. The summed E-state index contributed by atoms with van der Waals surface area (Å²) in [5, 5.41) is 2.81. The van der Waals surface area contributed by atoms with Crippen molar-refractivity contribution in [3.63, 3.8) is 0 Å². The minimum absolute atomic E-state index is 0.0338. The monoisotopic (exact) mass is 493 g/mol. The van der Waals surface area contributed by atoms with Crippen LogP contribution in [0.4, 0.5) is 9.18 Å². The minimum Gasteiger partial charge on any atom is -0.334 e. The van der Waals surface area contributed by atoms with E-state index in [4.69, 9.17) is 0 Å². The lowest BCUT2D eigenvalue weighted by Gasteiger charge is -2.35. The van der Waals surface area contributed by atoms with Gasteiger partial charge in [0.25, 0.3) is 5.91 Å². The fraction of sp³-hybridized carbons (Fsp3) is 0.483. The second-order valence-corrected chi connectivity index (χ2v) is 11.2. The van der Waals surface area contributed by atoms with E-state index in [1.54, 1.807) is 24.0 Å². The van der Waals surface area contributed by atoms with Gasteiger partial charge >= 0.3 is 6.03 Å². The molecule has 1 saturated carbocycles. The van der Waals surface area contributed by atoms with E-state index in [0.717, 1.165) is 48.1 Å². The van der Waals surface area contributed by atoms with Gasteiger partial charge in [-0.25, -0.2) is 9.18 Å². The van der Waals surface area contributed by atoms with Gasteiger partial charge in [-0.2, -0.15) is 0 Å². The largest absolute Gasteiger partial charge is 0.334 e. The van der Waals surface area contributed by atoms with Crippen LogP contribution in [0.1, 0.15) is 76.5 Å². The normalized spacial score (nSPS) is 21.0. The summed E-state index contributed by atoms with van der Waals surface area (Å²) in [6, 6.07) is 13.3. The molecule has 1 unspecified atom stereocenters. The summed E-state index contributed by atoms with van der Waals surface area (Å²) in [7, 11) is 0. The number of rotatable bonds is 6. The van der Waals surface area contributed by atoms with E-state index in [1.165, 1.54) is 12.1 Å². The van der Waals surface area contributed by atoms with E-state index >= 15 is 0 Å². The van der Waals surface area contributed by atoms with Crippen molar-refractivity contribution in [3.8, 4) is 0 Å². The van der Waals surface area contributed by atoms with Gasteiger partial charge < -0.3 is 10.2 Å². The molecule has 4 amide bonds. The summed E-state index contributed by atoms with van der Waals surface area (Å²) in [5.74, 6) is -1.04. The summed E-state index contributed by atoms with van der Waals surface area (Å²) < 4.78 is 13.4. The molecule has 7 heteroatoms. The highest BCUT2D eigenvalue weighted by molar-refractivity contribution is 6.09. The molecular formula is C29H36FN3O3. The maximum Gasteiger partial charge on any atom is 0.325 e. The van der Waals surface area contributed by atoms with Crippen molar-refractivity contribution >= 4 is 17.8 Å². The lowest BCUT2D eigenvalue weighted by Crippen LogP contribution is -2.48. The average Bonchev–Trinajstić information content (AvgIpc) is 3.07. The lowest BCUT2D eigenvalue weighted by molar-refractivity contribution is -0.141. The first-order chi connectivity index (χ1) is 17.0. The number of urea groups is 1. The van der Waals surface area contributed by atoms with Crippen LogP contribution in [0, 0.1) is 5.82 Å². The molecule has 2 fully saturated rings. The zero-order chi connectivity index (χ0) is 26.1. The Bertz CT molecular complexity index is 1120.